The van der Waals surface area contributed by atoms with Gasteiger partial charge in [0, 0.05) is 26.8 Å². The molecular weight excluding hydrogens is 366 g/mol. The van der Waals surface area contributed by atoms with Crippen LogP contribution in [0.5, 0.6) is 0 Å². The van der Waals surface area contributed by atoms with Gasteiger partial charge in [-0.1, -0.05) is 11.6 Å². The molecule has 0 saturated carbocycles. The second-order valence-electron chi connectivity index (χ2n) is 4.54. The molecule has 0 fully saturated rings. The van der Waals surface area contributed by atoms with Crippen LogP contribution >= 0.6 is 27.5 Å². The van der Waals surface area contributed by atoms with Gasteiger partial charge in [0.15, 0.2) is 0 Å². The molecule has 21 heavy (non-hydrogen) atoms. The number of benzene rings is 2. The van der Waals surface area contributed by atoms with E-state index in [-0.39, 0.29) is 16.1 Å². The third kappa shape index (κ3) is 2.61. The van der Waals surface area contributed by atoms with Gasteiger partial charge in [0.05, 0.1) is 5.69 Å². The van der Waals surface area contributed by atoms with E-state index in [1.807, 2.05) is 0 Å². The molecule has 3 rings (SSSR count). The number of carbonyl (C=O) groups excluding carboxylic acids is 1. The third-order valence-electron chi connectivity index (χ3n) is 3.14. The summed E-state index contributed by atoms with van der Waals surface area (Å²) in [6, 6.07) is 6.03. The Hall–Kier alpha value is -1.66. The minimum Gasteiger partial charge on any atom is -0.367 e. The average molecular weight is 374 g/mol. The second-order valence-corrected chi connectivity index (χ2v) is 5.83. The number of carbonyl (C=O) groups is 1. The maximum atomic E-state index is 13.9. The van der Waals surface area contributed by atoms with E-state index in [1.54, 1.807) is 18.2 Å². The van der Waals surface area contributed by atoms with Gasteiger partial charge in [-0.05, 0) is 40.2 Å². The fraction of sp³-hybridized carbons (Fsp3) is 0.0714. The minimum absolute atomic E-state index is 0.0179. The van der Waals surface area contributed by atoms with Crippen molar-refractivity contribution in [1.29, 1.82) is 0 Å². The normalized spacial score (nSPS) is 16.6. The maximum absolute atomic E-state index is 13.9. The van der Waals surface area contributed by atoms with Gasteiger partial charge in [-0.2, -0.15) is 0 Å². The molecule has 1 amide bonds. The van der Waals surface area contributed by atoms with E-state index in [1.165, 1.54) is 0 Å². The number of hydrogen-bond donors (Lipinski definition) is 2. The van der Waals surface area contributed by atoms with Crippen molar-refractivity contribution in [2.24, 2.45) is 0 Å². The quantitative estimate of drug-likeness (QED) is 0.814. The van der Waals surface area contributed by atoms with Crippen LogP contribution in [-0.4, -0.2) is 5.91 Å². The fourth-order valence-corrected chi connectivity index (χ4v) is 2.90. The van der Waals surface area contributed by atoms with E-state index in [9.17, 15) is 13.6 Å². The van der Waals surface area contributed by atoms with E-state index in [0.717, 1.165) is 12.1 Å². The van der Waals surface area contributed by atoms with Crippen LogP contribution in [0.2, 0.25) is 5.02 Å². The molecule has 2 N–H and O–H groups in total. The van der Waals surface area contributed by atoms with Crippen LogP contribution in [0.25, 0.3) is 0 Å². The molecule has 1 heterocycles. The van der Waals surface area contributed by atoms with E-state index < -0.39 is 17.7 Å². The van der Waals surface area contributed by atoms with Crippen LogP contribution in [0, 0.1) is 11.6 Å². The number of halogens is 4. The second kappa shape index (κ2) is 5.27. The summed E-state index contributed by atoms with van der Waals surface area (Å²) in [5.41, 5.74) is 1.24. The van der Waals surface area contributed by atoms with Crippen LogP contribution in [0.15, 0.2) is 34.8 Å². The van der Waals surface area contributed by atoms with E-state index in [0.29, 0.717) is 16.3 Å². The summed E-state index contributed by atoms with van der Waals surface area (Å²) < 4.78 is 27.2. The van der Waals surface area contributed by atoms with Crippen LogP contribution in [-0.2, 0) is 4.79 Å². The molecule has 2 aromatic rings. The van der Waals surface area contributed by atoms with Crippen molar-refractivity contribution in [3.63, 3.8) is 0 Å². The third-order valence-corrected chi connectivity index (χ3v) is 4.00. The highest BCUT2D eigenvalue weighted by atomic mass is 79.9. The van der Waals surface area contributed by atoms with Crippen molar-refractivity contribution in [3.05, 3.63) is 57.0 Å². The van der Waals surface area contributed by atoms with E-state index >= 15 is 0 Å². The Morgan fingerprint density at radius 3 is 2.71 bits per heavy atom. The number of fused-ring (bicyclic) bond motifs is 1. The van der Waals surface area contributed by atoms with Crippen molar-refractivity contribution < 1.29 is 13.6 Å². The van der Waals surface area contributed by atoms with Crippen LogP contribution in [0.3, 0.4) is 0 Å². The Kier molecular flexibility index (Phi) is 3.59. The fourth-order valence-electron chi connectivity index (χ4n) is 2.20. The van der Waals surface area contributed by atoms with E-state index in [4.69, 9.17) is 11.6 Å². The zero-order valence-electron chi connectivity index (χ0n) is 10.4. The zero-order valence-corrected chi connectivity index (χ0v) is 12.7. The van der Waals surface area contributed by atoms with Crippen molar-refractivity contribution >= 4 is 44.8 Å². The number of rotatable bonds is 2. The smallest absolute Gasteiger partial charge is 0.251 e. The van der Waals surface area contributed by atoms with Crippen LogP contribution in [0.4, 0.5) is 20.2 Å². The van der Waals surface area contributed by atoms with Crippen LogP contribution in [0.1, 0.15) is 11.6 Å². The molecule has 1 aliphatic rings. The summed E-state index contributed by atoms with van der Waals surface area (Å²) in [4.78, 5) is 12.0. The first-order valence-corrected chi connectivity index (χ1v) is 7.14. The predicted octanol–water partition coefficient (Wildman–Crippen LogP) is 4.49. The minimum atomic E-state index is -0.796. The van der Waals surface area contributed by atoms with Crippen molar-refractivity contribution in [1.82, 2.24) is 0 Å². The molecular formula is C14H8BrClF2N2O. The van der Waals surface area contributed by atoms with E-state index in [2.05, 4.69) is 26.6 Å². The summed E-state index contributed by atoms with van der Waals surface area (Å²) in [6.07, 6.45) is 0. The zero-order chi connectivity index (χ0) is 15.1. The lowest BCUT2D eigenvalue weighted by atomic mass is 10.1. The first-order valence-electron chi connectivity index (χ1n) is 5.97. The Morgan fingerprint density at radius 2 is 2.00 bits per heavy atom. The largest absolute Gasteiger partial charge is 0.367 e. The Labute approximate surface area is 132 Å². The molecule has 108 valence electrons. The molecule has 1 atom stereocenters. The lowest BCUT2D eigenvalue weighted by Crippen LogP contribution is -2.20. The van der Waals surface area contributed by atoms with Gasteiger partial charge in [-0.25, -0.2) is 8.78 Å². The molecule has 2 aromatic carbocycles. The van der Waals surface area contributed by atoms with Gasteiger partial charge >= 0.3 is 0 Å². The monoisotopic (exact) mass is 372 g/mol. The topological polar surface area (TPSA) is 41.1 Å². The molecule has 0 aromatic heterocycles. The van der Waals surface area contributed by atoms with Crippen molar-refractivity contribution in [2.75, 3.05) is 10.6 Å². The van der Waals surface area contributed by atoms with Crippen molar-refractivity contribution in [2.45, 2.75) is 6.04 Å². The number of amides is 1. The molecule has 0 bridgehead atoms. The van der Waals surface area contributed by atoms with Gasteiger partial charge in [-0.3, -0.25) is 4.79 Å². The van der Waals surface area contributed by atoms with Gasteiger partial charge < -0.3 is 10.6 Å². The molecule has 1 aliphatic heterocycles. The predicted molar refractivity (Wildman–Crippen MR) is 80.5 cm³/mol. The first kappa shape index (κ1) is 14.3. The lowest BCUT2D eigenvalue weighted by molar-refractivity contribution is -0.116. The van der Waals surface area contributed by atoms with Crippen molar-refractivity contribution in [3.8, 4) is 0 Å². The summed E-state index contributed by atoms with van der Waals surface area (Å²) in [5, 5.41) is 5.92. The number of anilines is 2. The summed E-state index contributed by atoms with van der Waals surface area (Å²) in [5.74, 6) is -1.82. The standard InChI is InChI=1S/C14H8BrClF2N2O/c15-9-4-7(17)5-10(18)13(9)20-12-8-3-6(16)1-2-11(8)19-14(12)21/h1-5,12,20H,(H,19,21). The average Bonchev–Trinajstić information content (AvgIpc) is 2.69. The molecule has 0 radical (unpaired) electrons. The first-order chi connectivity index (χ1) is 9.95. The van der Waals surface area contributed by atoms with Gasteiger partial charge in [-0.15, -0.1) is 0 Å². The molecule has 0 spiro atoms. The van der Waals surface area contributed by atoms with Crippen LogP contribution < -0.4 is 10.6 Å². The SMILES string of the molecule is O=C1Nc2ccc(Cl)cc2C1Nc1c(F)cc(F)cc1Br. The Balaban J connectivity index is 2.00. The number of hydrogen-bond acceptors (Lipinski definition) is 2. The maximum Gasteiger partial charge on any atom is 0.251 e. The molecule has 7 heteroatoms. The summed E-state index contributed by atoms with van der Waals surface area (Å²) in [7, 11) is 0. The highest BCUT2D eigenvalue weighted by Crippen LogP contribution is 2.37. The Bertz CT molecular complexity index is 731. The summed E-state index contributed by atoms with van der Waals surface area (Å²) in [6.45, 7) is 0. The highest BCUT2D eigenvalue weighted by molar-refractivity contribution is 9.10. The molecule has 1 unspecified atom stereocenters. The molecule has 3 nitrogen and oxygen atoms in total. The van der Waals surface area contributed by atoms with Gasteiger partial charge in [0.2, 0.25) is 0 Å². The molecule has 0 saturated heterocycles. The Morgan fingerprint density at radius 1 is 1.24 bits per heavy atom. The highest BCUT2D eigenvalue weighted by Gasteiger charge is 2.31. The van der Waals surface area contributed by atoms with Gasteiger partial charge in [0.25, 0.3) is 5.91 Å². The number of nitrogens with one attached hydrogen (secondary N) is 2. The lowest BCUT2D eigenvalue weighted by Gasteiger charge is -2.15. The summed E-state index contributed by atoms with van der Waals surface area (Å²) >= 11 is 9.00. The van der Waals surface area contributed by atoms with Gasteiger partial charge in [0.1, 0.15) is 17.7 Å². The molecule has 0 aliphatic carbocycles.